The number of carbonyl (C=O) groups excluding carboxylic acids is 2. The predicted molar refractivity (Wildman–Crippen MR) is 72.0 cm³/mol. The Kier molecular flexibility index (Phi) is 7.34. The van der Waals surface area contributed by atoms with Crippen LogP contribution in [0.5, 0.6) is 0 Å². The molecule has 0 spiro atoms. The van der Waals surface area contributed by atoms with E-state index in [0.717, 1.165) is 13.2 Å². The Bertz CT molecular complexity index is 645. The Hall–Kier alpha value is -1.13. The van der Waals surface area contributed by atoms with Gasteiger partial charge in [-0.25, -0.2) is 13.2 Å². The van der Waals surface area contributed by atoms with Crippen molar-refractivity contribution >= 4 is 27.7 Å². The molecule has 21 heavy (non-hydrogen) atoms. The largest absolute Gasteiger partial charge is 1.00 e. The molecule has 0 fully saturated rings. The summed E-state index contributed by atoms with van der Waals surface area (Å²) in [6.07, 6.45) is -0.787. The number of sulfonamides is 1. The fourth-order valence-electron chi connectivity index (χ4n) is 1.41. The molecule has 0 saturated heterocycles. The van der Waals surface area contributed by atoms with Crippen LogP contribution in [0.4, 0.5) is 10.5 Å². The van der Waals surface area contributed by atoms with Gasteiger partial charge in [-0.1, -0.05) is 0 Å². The van der Waals surface area contributed by atoms with Gasteiger partial charge in [0.15, 0.2) is 0 Å². The van der Waals surface area contributed by atoms with Crippen molar-refractivity contribution in [3.8, 4) is 0 Å². The normalized spacial score (nSPS) is 10.3. The summed E-state index contributed by atoms with van der Waals surface area (Å²) in [5.41, 5.74) is -0.0293. The second-order valence-electron chi connectivity index (χ2n) is 4.03. The van der Waals surface area contributed by atoms with Crippen molar-refractivity contribution in [1.82, 2.24) is 4.90 Å². The summed E-state index contributed by atoms with van der Waals surface area (Å²) in [6.45, 7) is 0. The molecule has 8 nitrogen and oxygen atoms in total. The maximum Gasteiger partial charge on any atom is 1.00 e. The third-order valence-electron chi connectivity index (χ3n) is 2.34. The number of hydrogen-bond donors (Lipinski definition) is 1. The fourth-order valence-corrected chi connectivity index (χ4v) is 2.14. The zero-order valence-corrected chi connectivity index (χ0v) is 14.9. The van der Waals surface area contributed by atoms with Gasteiger partial charge in [0.1, 0.15) is 0 Å². The number of nitrogens with one attached hydrogen (secondary N) is 2. The number of methoxy groups -OCH3 is 1. The van der Waals surface area contributed by atoms with E-state index in [9.17, 15) is 18.0 Å². The van der Waals surface area contributed by atoms with E-state index in [1.54, 1.807) is 0 Å². The first-order chi connectivity index (χ1) is 9.16. The number of ether oxygens (including phenoxy) is 1. The molecule has 1 aromatic rings. The Morgan fingerprint density at radius 3 is 2.29 bits per heavy atom. The number of nitrogens with zero attached hydrogens (tertiary/aromatic N) is 1. The number of rotatable bonds is 3. The first kappa shape index (κ1) is 19.9. The molecule has 110 valence electrons. The van der Waals surface area contributed by atoms with Crippen LogP contribution in [0, 0.1) is 0 Å². The van der Waals surface area contributed by atoms with Gasteiger partial charge in [0.25, 0.3) is 5.91 Å². The van der Waals surface area contributed by atoms with Crippen LogP contribution in [0.2, 0.25) is 0 Å². The smallest absolute Gasteiger partial charge is 0.560 e. The van der Waals surface area contributed by atoms with Gasteiger partial charge in [0.05, 0.1) is 27.6 Å². The van der Waals surface area contributed by atoms with Crippen molar-refractivity contribution < 1.29 is 52.3 Å². The third kappa shape index (κ3) is 5.29. The SMILES string of the molecule is COC(=O)Nc1ccc(C(=O)N(C)C)c(S([NH-])(=O)=O)c1.[Na+]. The van der Waals surface area contributed by atoms with E-state index in [2.05, 4.69) is 10.1 Å². The minimum absolute atomic E-state index is 0. The van der Waals surface area contributed by atoms with E-state index in [1.807, 2.05) is 0 Å². The Labute approximate surface area is 145 Å². The summed E-state index contributed by atoms with van der Waals surface area (Å²) in [4.78, 5) is 23.6. The van der Waals surface area contributed by atoms with Gasteiger partial charge in [-0.2, -0.15) is 0 Å². The number of amides is 2. The molecule has 0 aromatic heterocycles. The molecule has 0 bridgehead atoms. The Morgan fingerprint density at radius 1 is 1.29 bits per heavy atom. The molecule has 0 aliphatic heterocycles. The topological polar surface area (TPSA) is 117 Å². The molecule has 0 aliphatic carbocycles. The van der Waals surface area contributed by atoms with Crippen molar-refractivity contribution in [1.29, 1.82) is 0 Å². The van der Waals surface area contributed by atoms with Crippen molar-refractivity contribution in [2.75, 3.05) is 26.5 Å². The molecule has 0 atom stereocenters. The zero-order valence-electron chi connectivity index (χ0n) is 12.1. The molecule has 0 radical (unpaired) electrons. The maximum absolute atomic E-state index is 11.9. The van der Waals surface area contributed by atoms with E-state index >= 15 is 0 Å². The van der Waals surface area contributed by atoms with Crippen molar-refractivity contribution in [3.63, 3.8) is 0 Å². The van der Waals surface area contributed by atoms with Crippen LogP contribution in [-0.2, 0) is 14.8 Å². The quantitative estimate of drug-likeness (QED) is 0.666. The summed E-state index contributed by atoms with van der Waals surface area (Å²) < 4.78 is 27.3. The molecule has 10 heteroatoms. The first-order valence-corrected chi connectivity index (χ1v) is 6.85. The molecule has 0 heterocycles. The average molecular weight is 323 g/mol. The van der Waals surface area contributed by atoms with Crippen LogP contribution in [-0.4, -0.2) is 46.5 Å². The zero-order chi connectivity index (χ0) is 15.5. The van der Waals surface area contributed by atoms with Gasteiger partial charge in [-0.05, 0) is 18.2 Å². The van der Waals surface area contributed by atoms with Crippen LogP contribution in [0.3, 0.4) is 0 Å². The van der Waals surface area contributed by atoms with Crippen molar-refractivity contribution in [2.45, 2.75) is 4.90 Å². The van der Waals surface area contributed by atoms with Gasteiger partial charge in [-0.15, -0.1) is 0 Å². The predicted octanol–water partition coefficient (Wildman–Crippen LogP) is -1.69. The van der Waals surface area contributed by atoms with Crippen LogP contribution in [0.15, 0.2) is 23.1 Å². The molecular formula is C11H14N3NaO5S. The summed E-state index contributed by atoms with van der Waals surface area (Å²) in [7, 11) is -0.289. The molecule has 0 saturated carbocycles. The average Bonchev–Trinajstić information content (AvgIpc) is 2.36. The third-order valence-corrected chi connectivity index (χ3v) is 3.26. The van der Waals surface area contributed by atoms with Crippen LogP contribution in [0.25, 0.3) is 5.14 Å². The van der Waals surface area contributed by atoms with Gasteiger partial charge in [0.2, 0.25) is 0 Å². The van der Waals surface area contributed by atoms with Crippen LogP contribution >= 0.6 is 0 Å². The first-order valence-electron chi connectivity index (χ1n) is 5.37. The Morgan fingerprint density at radius 2 is 1.86 bits per heavy atom. The van der Waals surface area contributed by atoms with Gasteiger partial charge >= 0.3 is 35.7 Å². The van der Waals surface area contributed by atoms with E-state index in [-0.39, 0.29) is 40.8 Å². The summed E-state index contributed by atoms with van der Waals surface area (Å²) >= 11 is 0. The molecule has 1 rings (SSSR count). The van der Waals surface area contributed by atoms with Crippen LogP contribution in [0.1, 0.15) is 10.4 Å². The summed E-state index contributed by atoms with van der Waals surface area (Å²) in [5.74, 6) is -0.555. The second-order valence-corrected chi connectivity index (χ2v) is 5.48. The number of carbonyl (C=O) groups is 2. The molecule has 2 amide bonds. The Balaban J connectivity index is 0.00000400. The summed E-state index contributed by atoms with van der Waals surface area (Å²) in [5, 5.41) is 9.40. The van der Waals surface area contributed by atoms with Gasteiger partial charge in [0, 0.05) is 19.8 Å². The molecule has 1 aromatic carbocycles. The van der Waals surface area contributed by atoms with E-state index in [0.29, 0.717) is 0 Å². The molecule has 0 unspecified atom stereocenters. The van der Waals surface area contributed by atoms with Gasteiger partial charge < -0.3 is 14.8 Å². The minimum Gasteiger partial charge on any atom is -0.560 e. The van der Waals surface area contributed by atoms with E-state index < -0.39 is 26.9 Å². The van der Waals surface area contributed by atoms with Crippen molar-refractivity contribution in [2.24, 2.45) is 0 Å². The minimum atomic E-state index is -4.37. The number of anilines is 1. The molecular weight excluding hydrogens is 309 g/mol. The fraction of sp³-hybridized carbons (Fsp3) is 0.273. The van der Waals surface area contributed by atoms with E-state index in [4.69, 9.17) is 5.14 Å². The number of benzene rings is 1. The maximum atomic E-state index is 11.9. The monoisotopic (exact) mass is 323 g/mol. The van der Waals surface area contributed by atoms with Gasteiger partial charge in [-0.3, -0.25) is 10.1 Å². The standard InChI is InChI=1S/C11H15N3O5S.Na/c1-14(2)10(15)8-5-4-7(13-11(16)19-3)6-9(8)20(12,17)18;/h4-6H,1-3H3,(H3,12,13,15,16,17,18);/q;+1/p-1. The van der Waals surface area contributed by atoms with Crippen LogP contribution < -0.4 is 34.9 Å². The molecule has 2 N–H and O–H groups in total. The van der Waals surface area contributed by atoms with Crippen molar-refractivity contribution in [3.05, 3.63) is 28.9 Å². The summed E-state index contributed by atoms with van der Waals surface area (Å²) in [6, 6.07) is 3.62. The molecule has 0 aliphatic rings. The number of hydrogen-bond acceptors (Lipinski definition) is 5. The second kappa shape index (κ2) is 7.76. The van der Waals surface area contributed by atoms with E-state index in [1.165, 1.54) is 31.1 Å².